The molecule has 1 aliphatic heterocycles. The quantitative estimate of drug-likeness (QED) is 0.861. The first-order chi connectivity index (χ1) is 10.2. The van der Waals surface area contributed by atoms with Crippen molar-refractivity contribution in [2.75, 3.05) is 26.2 Å². The van der Waals surface area contributed by atoms with Crippen molar-refractivity contribution in [1.82, 2.24) is 20.3 Å². The zero-order valence-electron chi connectivity index (χ0n) is 12.1. The first-order valence-corrected chi connectivity index (χ1v) is 7.16. The SMILES string of the molecule is Cc1cccc(OCCN2CCC(O)(c3cn[nH]n3)C2)c1. The minimum Gasteiger partial charge on any atom is -0.492 e. The highest BCUT2D eigenvalue weighted by atomic mass is 16.5. The van der Waals surface area contributed by atoms with Crippen LogP contribution < -0.4 is 4.74 Å². The topological polar surface area (TPSA) is 74.3 Å². The van der Waals surface area contributed by atoms with Gasteiger partial charge in [-0.25, -0.2) is 0 Å². The van der Waals surface area contributed by atoms with E-state index in [9.17, 15) is 5.11 Å². The molecule has 1 aromatic carbocycles. The van der Waals surface area contributed by atoms with E-state index in [-0.39, 0.29) is 0 Å². The van der Waals surface area contributed by atoms with Crippen LogP contribution in [-0.4, -0.2) is 51.7 Å². The van der Waals surface area contributed by atoms with Gasteiger partial charge in [0.1, 0.15) is 23.7 Å². The highest BCUT2D eigenvalue weighted by Gasteiger charge is 2.39. The summed E-state index contributed by atoms with van der Waals surface area (Å²) in [4.78, 5) is 2.18. The van der Waals surface area contributed by atoms with E-state index in [0.29, 0.717) is 25.3 Å². The molecule has 1 aliphatic rings. The highest BCUT2D eigenvalue weighted by Crippen LogP contribution is 2.29. The lowest BCUT2D eigenvalue weighted by Crippen LogP contribution is -2.33. The largest absolute Gasteiger partial charge is 0.492 e. The van der Waals surface area contributed by atoms with Gasteiger partial charge in [0.15, 0.2) is 0 Å². The molecule has 2 N–H and O–H groups in total. The minimum atomic E-state index is -0.893. The lowest BCUT2D eigenvalue weighted by molar-refractivity contribution is 0.0403. The van der Waals surface area contributed by atoms with Gasteiger partial charge < -0.3 is 9.84 Å². The molecule has 3 rings (SSSR count). The van der Waals surface area contributed by atoms with E-state index < -0.39 is 5.60 Å². The maximum Gasteiger partial charge on any atom is 0.124 e. The number of likely N-dealkylation sites (tertiary alicyclic amines) is 1. The Labute approximate surface area is 123 Å². The molecule has 21 heavy (non-hydrogen) atoms. The number of ether oxygens (including phenoxy) is 1. The maximum atomic E-state index is 10.6. The first kappa shape index (κ1) is 14.0. The molecule has 0 saturated carbocycles. The van der Waals surface area contributed by atoms with E-state index in [0.717, 1.165) is 18.8 Å². The Balaban J connectivity index is 1.49. The van der Waals surface area contributed by atoms with Crippen LogP contribution >= 0.6 is 0 Å². The lowest BCUT2D eigenvalue weighted by atomic mass is 10.0. The second kappa shape index (κ2) is 5.83. The Hall–Kier alpha value is -1.92. The van der Waals surface area contributed by atoms with E-state index in [4.69, 9.17) is 4.74 Å². The summed E-state index contributed by atoms with van der Waals surface area (Å²) in [5.74, 6) is 0.890. The van der Waals surface area contributed by atoms with E-state index in [2.05, 4.69) is 20.3 Å². The lowest BCUT2D eigenvalue weighted by Gasteiger charge is -2.21. The second-order valence-electron chi connectivity index (χ2n) is 5.58. The Bertz CT molecular complexity index is 587. The van der Waals surface area contributed by atoms with E-state index >= 15 is 0 Å². The molecule has 0 aliphatic carbocycles. The molecule has 2 aromatic rings. The maximum absolute atomic E-state index is 10.6. The molecule has 1 unspecified atom stereocenters. The first-order valence-electron chi connectivity index (χ1n) is 7.16. The van der Waals surface area contributed by atoms with Crippen LogP contribution in [0.1, 0.15) is 17.7 Å². The van der Waals surface area contributed by atoms with Crippen LogP contribution in [0.25, 0.3) is 0 Å². The summed E-state index contributed by atoms with van der Waals surface area (Å²) in [7, 11) is 0. The summed E-state index contributed by atoms with van der Waals surface area (Å²) < 4.78 is 5.75. The van der Waals surface area contributed by atoms with E-state index in [1.165, 1.54) is 5.56 Å². The number of rotatable bonds is 5. The van der Waals surface area contributed by atoms with Gasteiger partial charge in [0, 0.05) is 19.6 Å². The Morgan fingerprint density at radius 3 is 3.14 bits per heavy atom. The normalized spacial score (nSPS) is 22.6. The minimum absolute atomic E-state index is 0.566. The summed E-state index contributed by atoms with van der Waals surface area (Å²) >= 11 is 0. The standard InChI is InChI=1S/C15H20N4O2/c1-12-3-2-4-13(9-12)21-8-7-19-6-5-15(20,11-19)14-10-16-18-17-14/h2-4,9-10,20H,5-8,11H2,1H3,(H,16,17,18). The van der Waals surface area contributed by atoms with Crippen molar-refractivity contribution in [3.8, 4) is 5.75 Å². The Morgan fingerprint density at radius 1 is 1.48 bits per heavy atom. The van der Waals surface area contributed by atoms with Crippen LogP contribution in [0.5, 0.6) is 5.75 Å². The van der Waals surface area contributed by atoms with Crippen molar-refractivity contribution in [2.24, 2.45) is 0 Å². The molecule has 0 spiro atoms. The van der Waals surface area contributed by atoms with Gasteiger partial charge in [0.05, 0.1) is 6.20 Å². The van der Waals surface area contributed by atoms with Crippen molar-refractivity contribution in [1.29, 1.82) is 0 Å². The summed E-state index contributed by atoms with van der Waals surface area (Å²) in [6.07, 6.45) is 2.26. The van der Waals surface area contributed by atoms with Crippen LogP contribution in [0.2, 0.25) is 0 Å². The number of aryl methyl sites for hydroxylation is 1. The van der Waals surface area contributed by atoms with Gasteiger partial charge in [-0.3, -0.25) is 4.90 Å². The van der Waals surface area contributed by atoms with Crippen LogP contribution in [0.3, 0.4) is 0 Å². The van der Waals surface area contributed by atoms with Gasteiger partial charge in [-0.15, -0.1) is 0 Å². The van der Waals surface area contributed by atoms with Gasteiger partial charge in [-0.1, -0.05) is 12.1 Å². The average Bonchev–Trinajstić information content (AvgIpc) is 3.10. The smallest absolute Gasteiger partial charge is 0.124 e. The van der Waals surface area contributed by atoms with Gasteiger partial charge in [0.25, 0.3) is 0 Å². The Morgan fingerprint density at radius 2 is 2.38 bits per heavy atom. The molecule has 6 nitrogen and oxygen atoms in total. The molecular weight excluding hydrogens is 268 g/mol. The summed E-state index contributed by atoms with van der Waals surface area (Å²) in [6.45, 7) is 4.84. The number of aromatic nitrogens is 3. The van der Waals surface area contributed by atoms with Crippen molar-refractivity contribution in [3.63, 3.8) is 0 Å². The monoisotopic (exact) mass is 288 g/mol. The van der Waals surface area contributed by atoms with E-state index in [1.807, 2.05) is 31.2 Å². The van der Waals surface area contributed by atoms with Crippen LogP contribution in [0.4, 0.5) is 0 Å². The predicted molar refractivity (Wildman–Crippen MR) is 78.0 cm³/mol. The zero-order chi connectivity index (χ0) is 14.7. The molecule has 0 bridgehead atoms. The molecular formula is C15H20N4O2. The molecule has 0 amide bonds. The number of hydrogen-bond acceptors (Lipinski definition) is 5. The number of H-pyrrole nitrogens is 1. The fourth-order valence-electron chi connectivity index (χ4n) is 2.69. The molecule has 2 heterocycles. The van der Waals surface area contributed by atoms with Gasteiger partial charge in [-0.2, -0.15) is 15.4 Å². The number of nitrogens with zero attached hydrogens (tertiary/aromatic N) is 3. The summed E-state index contributed by atoms with van der Waals surface area (Å²) in [5.41, 5.74) is 0.912. The molecule has 1 aromatic heterocycles. The second-order valence-corrected chi connectivity index (χ2v) is 5.58. The van der Waals surface area contributed by atoms with Gasteiger partial charge >= 0.3 is 0 Å². The predicted octanol–water partition coefficient (Wildman–Crippen LogP) is 1.09. The molecule has 6 heteroatoms. The number of benzene rings is 1. The summed E-state index contributed by atoms with van der Waals surface area (Å²) in [5, 5.41) is 20.9. The molecule has 0 radical (unpaired) electrons. The van der Waals surface area contributed by atoms with Crippen molar-refractivity contribution in [2.45, 2.75) is 18.9 Å². The zero-order valence-corrected chi connectivity index (χ0v) is 12.1. The third kappa shape index (κ3) is 3.22. The number of aliphatic hydroxyl groups is 1. The van der Waals surface area contributed by atoms with Gasteiger partial charge in [-0.05, 0) is 31.0 Å². The fourth-order valence-corrected chi connectivity index (χ4v) is 2.69. The Kier molecular flexibility index (Phi) is 3.90. The fraction of sp³-hybridized carbons (Fsp3) is 0.467. The van der Waals surface area contributed by atoms with Crippen molar-refractivity contribution in [3.05, 3.63) is 41.7 Å². The number of aromatic amines is 1. The third-order valence-electron chi connectivity index (χ3n) is 3.88. The van der Waals surface area contributed by atoms with E-state index in [1.54, 1.807) is 6.20 Å². The van der Waals surface area contributed by atoms with Crippen LogP contribution in [0.15, 0.2) is 30.5 Å². The number of β-amino-alcohol motifs (C(OH)–C–C–N with tert-alkyl or cyclic N) is 1. The summed E-state index contributed by atoms with van der Waals surface area (Å²) in [6, 6.07) is 8.02. The third-order valence-corrected chi connectivity index (χ3v) is 3.88. The molecule has 112 valence electrons. The average molecular weight is 288 g/mol. The van der Waals surface area contributed by atoms with Gasteiger partial charge in [0.2, 0.25) is 0 Å². The number of nitrogens with one attached hydrogen (secondary N) is 1. The van der Waals surface area contributed by atoms with Crippen molar-refractivity contribution >= 4 is 0 Å². The number of hydrogen-bond donors (Lipinski definition) is 2. The van der Waals surface area contributed by atoms with Crippen LogP contribution in [0, 0.1) is 6.92 Å². The molecule has 1 fully saturated rings. The van der Waals surface area contributed by atoms with Crippen molar-refractivity contribution < 1.29 is 9.84 Å². The molecule has 1 atom stereocenters. The van der Waals surface area contributed by atoms with Crippen LogP contribution in [-0.2, 0) is 5.60 Å². The highest BCUT2D eigenvalue weighted by molar-refractivity contribution is 5.27. The molecule has 1 saturated heterocycles.